The fourth-order valence-electron chi connectivity index (χ4n) is 9.30. The Bertz CT molecular complexity index is 1110. The Labute approximate surface area is 430 Å². The number of allylic oxidation sites excluding steroid dienone is 4. The first-order chi connectivity index (χ1) is 34.0. The molecule has 0 radical (unpaired) electrons. The van der Waals surface area contributed by atoms with Crippen molar-refractivity contribution in [1.29, 1.82) is 0 Å². The normalized spacial score (nSPS) is 12.1. The van der Waals surface area contributed by atoms with E-state index in [9.17, 15) is 14.4 Å². The van der Waals surface area contributed by atoms with Crippen LogP contribution < -0.4 is 0 Å². The summed E-state index contributed by atoms with van der Waals surface area (Å²) in [7, 11) is 0. The van der Waals surface area contributed by atoms with Crippen molar-refractivity contribution in [2.24, 2.45) is 0 Å². The molecule has 0 heterocycles. The molecule has 0 fully saturated rings. The summed E-state index contributed by atoms with van der Waals surface area (Å²) in [4.78, 5) is 38.2. The molecule has 0 aliphatic heterocycles. The Hall–Kier alpha value is -2.11. The van der Waals surface area contributed by atoms with Crippen LogP contribution in [0.1, 0.15) is 342 Å². The second-order valence-corrected chi connectivity index (χ2v) is 21.0. The second-order valence-electron chi connectivity index (χ2n) is 21.0. The molecular formula is C63H118O6. The third-order valence-corrected chi connectivity index (χ3v) is 14.0. The van der Waals surface area contributed by atoms with E-state index in [1.165, 1.54) is 231 Å². The van der Waals surface area contributed by atoms with Gasteiger partial charge in [0.25, 0.3) is 0 Å². The maximum absolute atomic E-state index is 12.9. The Balaban J connectivity index is 4.27. The maximum Gasteiger partial charge on any atom is 0.306 e. The Morgan fingerprint density at radius 2 is 0.522 bits per heavy atom. The van der Waals surface area contributed by atoms with Crippen molar-refractivity contribution in [3.63, 3.8) is 0 Å². The fraction of sp³-hybridized carbons (Fsp3) is 0.889. The van der Waals surface area contributed by atoms with Crippen LogP contribution in [-0.2, 0) is 28.6 Å². The lowest BCUT2D eigenvalue weighted by molar-refractivity contribution is -0.167. The summed E-state index contributed by atoms with van der Waals surface area (Å²) in [5.41, 5.74) is 0. The van der Waals surface area contributed by atoms with Crippen molar-refractivity contribution in [2.45, 2.75) is 348 Å². The zero-order valence-electron chi connectivity index (χ0n) is 46.6. The van der Waals surface area contributed by atoms with Gasteiger partial charge in [0.2, 0.25) is 0 Å². The highest BCUT2D eigenvalue weighted by molar-refractivity contribution is 5.71. The average molecular weight is 972 g/mol. The van der Waals surface area contributed by atoms with E-state index in [4.69, 9.17) is 14.2 Å². The first-order valence-corrected chi connectivity index (χ1v) is 30.8. The van der Waals surface area contributed by atoms with Crippen LogP contribution in [0.5, 0.6) is 0 Å². The van der Waals surface area contributed by atoms with Gasteiger partial charge in [-0.05, 0) is 51.4 Å². The number of ether oxygens (including phenoxy) is 3. The van der Waals surface area contributed by atoms with Gasteiger partial charge in [0.15, 0.2) is 6.10 Å². The van der Waals surface area contributed by atoms with E-state index in [2.05, 4.69) is 45.1 Å². The van der Waals surface area contributed by atoms with E-state index in [-0.39, 0.29) is 31.1 Å². The van der Waals surface area contributed by atoms with Crippen LogP contribution in [0.2, 0.25) is 0 Å². The average Bonchev–Trinajstić information content (AvgIpc) is 3.35. The van der Waals surface area contributed by atoms with Gasteiger partial charge in [0.1, 0.15) is 13.2 Å². The number of unbranched alkanes of at least 4 members (excludes halogenated alkanes) is 42. The zero-order chi connectivity index (χ0) is 50.0. The minimum absolute atomic E-state index is 0.0678. The van der Waals surface area contributed by atoms with Gasteiger partial charge in [-0.15, -0.1) is 0 Å². The molecule has 0 aromatic carbocycles. The molecule has 0 spiro atoms. The van der Waals surface area contributed by atoms with E-state index in [0.717, 1.165) is 70.6 Å². The van der Waals surface area contributed by atoms with E-state index in [1.807, 2.05) is 0 Å². The maximum atomic E-state index is 12.9. The number of rotatable bonds is 57. The molecule has 1 atom stereocenters. The SMILES string of the molecule is CCCCC/C=C\C/C=C\CCCCCCCCCC(=O)OC[C@H](COC(=O)CCCCCCCCCCCCCCCCCCCCCCC)OC(=O)CCCCCCCCCCCCCCC. The third-order valence-electron chi connectivity index (χ3n) is 14.0. The quantitative estimate of drug-likeness (QED) is 0.0261. The molecule has 0 aromatic rings. The Kier molecular flexibility index (Phi) is 56.7. The molecule has 0 saturated carbocycles. The predicted molar refractivity (Wildman–Crippen MR) is 298 cm³/mol. The first-order valence-electron chi connectivity index (χ1n) is 30.8. The zero-order valence-corrected chi connectivity index (χ0v) is 46.6. The number of hydrogen-bond donors (Lipinski definition) is 0. The molecular weight excluding hydrogens is 853 g/mol. The van der Waals surface area contributed by atoms with Crippen LogP contribution in [-0.4, -0.2) is 37.2 Å². The second kappa shape index (κ2) is 58.5. The van der Waals surface area contributed by atoms with Gasteiger partial charge in [-0.2, -0.15) is 0 Å². The van der Waals surface area contributed by atoms with Crippen LogP contribution in [0.25, 0.3) is 0 Å². The predicted octanol–water partition coefficient (Wildman–Crippen LogP) is 20.7. The van der Waals surface area contributed by atoms with Gasteiger partial charge in [-0.1, -0.05) is 295 Å². The van der Waals surface area contributed by atoms with E-state index in [0.29, 0.717) is 19.3 Å². The van der Waals surface area contributed by atoms with Crippen molar-refractivity contribution in [2.75, 3.05) is 13.2 Å². The third kappa shape index (κ3) is 56.7. The number of carbonyl (C=O) groups is 3. The van der Waals surface area contributed by atoms with Crippen LogP contribution in [0.3, 0.4) is 0 Å². The largest absolute Gasteiger partial charge is 0.462 e. The monoisotopic (exact) mass is 971 g/mol. The molecule has 406 valence electrons. The summed E-state index contributed by atoms with van der Waals surface area (Å²) in [5, 5.41) is 0. The molecule has 0 saturated heterocycles. The van der Waals surface area contributed by atoms with Gasteiger partial charge >= 0.3 is 17.9 Å². The van der Waals surface area contributed by atoms with Crippen molar-refractivity contribution >= 4 is 17.9 Å². The minimum Gasteiger partial charge on any atom is -0.462 e. The van der Waals surface area contributed by atoms with Crippen molar-refractivity contribution in [1.82, 2.24) is 0 Å². The van der Waals surface area contributed by atoms with Gasteiger partial charge in [-0.25, -0.2) is 0 Å². The smallest absolute Gasteiger partial charge is 0.306 e. The van der Waals surface area contributed by atoms with Gasteiger partial charge < -0.3 is 14.2 Å². The lowest BCUT2D eigenvalue weighted by Crippen LogP contribution is -2.30. The molecule has 0 bridgehead atoms. The van der Waals surface area contributed by atoms with E-state index >= 15 is 0 Å². The summed E-state index contributed by atoms with van der Waals surface area (Å²) in [6, 6.07) is 0. The summed E-state index contributed by atoms with van der Waals surface area (Å²) >= 11 is 0. The molecule has 0 unspecified atom stereocenters. The molecule has 0 N–H and O–H groups in total. The summed E-state index contributed by atoms with van der Waals surface area (Å²) < 4.78 is 16.9. The Morgan fingerprint density at radius 3 is 0.826 bits per heavy atom. The van der Waals surface area contributed by atoms with Crippen molar-refractivity contribution in [3.05, 3.63) is 24.3 Å². The molecule has 0 aliphatic rings. The standard InChI is InChI=1S/C63H118O6/c1-4-7-10-13-16-19-22-25-27-29-30-31-32-34-36-39-41-44-47-50-53-56-62(65)68-59-60(69-63(66)57-54-51-48-45-42-37-24-21-18-15-12-9-6-3)58-67-61(64)55-52-49-46-43-40-38-35-33-28-26-23-20-17-14-11-8-5-2/h17,20,26,28,60H,4-16,18-19,21-25,27,29-59H2,1-3H3/b20-17-,28-26-/t60-/m1/s1. The topological polar surface area (TPSA) is 78.9 Å². The number of hydrogen-bond acceptors (Lipinski definition) is 6. The highest BCUT2D eigenvalue weighted by Gasteiger charge is 2.19. The van der Waals surface area contributed by atoms with E-state index in [1.54, 1.807) is 0 Å². The van der Waals surface area contributed by atoms with Crippen LogP contribution >= 0.6 is 0 Å². The summed E-state index contributed by atoms with van der Waals surface area (Å²) in [6.07, 6.45) is 68.9. The molecule has 0 aromatic heterocycles. The molecule has 0 rings (SSSR count). The number of carbonyl (C=O) groups excluding carboxylic acids is 3. The highest BCUT2D eigenvalue weighted by atomic mass is 16.6. The lowest BCUT2D eigenvalue weighted by atomic mass is 10.0. The van der Waals surface area contributed by atoms with Gasteiger partial charge in [-0.3, -0.25) is 14.4 Å². The van der Waals surface area contributed by atoms with Gasteiger partial charge in [0, 0.05) is 19.3 Å². The molecule has 6 nitrogen and oxygen atoms in total. The lowest BCUT2D eigenvalue weighted by Gasteiger charge is -2.18. The molecule has 0 aliphatic carbocycles. The van der Waals surface area contributed by atoms with Crippen molar-refractivity contribution in [3.8, 4) is 0 Å². The highest BCUT2D eigenvalue weighted by Crippen LogP contribution is 2.18. The first kappa shape index (κ1) is 66.9. The van der Waals surface area contributed by atoms with Crippen molar-refractivity contribution < 1.29 is 28.6 Å². The van der Waals surface area contributed by atoms with Crippen LogP contribution in [0, 0.1) is 0 Å². The number of esters is 3. The molecule has 6 heteroatoms. The fourth-order valence-corrected chi connectivity index (χ4v) is 9.30. The van der Waals surface area contributed by atoms with Crippen LogP contribution in [0.4, 0.5) is 0 Å². The summed E-state index contributed by atoms with van der Waals surface area (Å²) in [6.45, 7) is 6.67. The Morgan fingerprint density at radius 1 is 0.290 bits per heavy atom. The van der Waals surface area contributed by atoms with Crippen LogP contribution in [0.15, 0.2) is 24.3 Å². The summed E-state index contributed by atoms with van der Waals surface area (Å²) in [5.74, 6) is -0.851. The molecule has 69 heavy (non-hydrogen) atoms. The van der Waals surface area contributed by atoms with E-state index < -0.39 is 6.10 Å². The van der Waals surface area contributed by atoms with Gasteiger partial charge in [0.05, 0.1) is 0 Å². The molecule has 0 amide bonds. The minimum atomic E-state index is -0.769.